The van der Waals surface area contributed by atoms with E-state index in [2.05, 4.69) is 46.5 Å². The van der Waals surface area contributed by atoms with Gasteiger partial charge in [-0.3, -0.25) is 4.98 Å². The van der Waals surface area contributed by atoms with E-state index < -0.39 is 0 Å². The highest BCUT2D eigenvalue weighted by atomic mass is 35.5. The smallest absolute Gasteiger partial charge is 0.0722 e. The van der Waals surface area contributed by atoms with Crippen molar-refractivity contribution in [3.8, 4) is 0 Å². The topological polar surface area (TPSA) is 28.2 Å². The van der Waals surface area contributed by atoms with Gasteiger partial charge in [0, 0.05) is 30.4 Å². The minimum atomic E-state index is 0. The molecular weight excluding hydrogens is 258 g/mol. The van der Waals surface area contributed by atoms with Gasteiger partial charge in [-0.25, -0.2) is 0 Å². The Hall–Kier alpha value is -1.32. The van der Waals surface area contributed by atoms with E-state index in [0.29, 0.717) is 6.04 Å². The fourth-order valence-electron chi connectivity index (χ4n) is 2.78. The number of fused-ring (bicyclic) bond motifs is 1. The lowest BCUT2D eigenvalue weighted by molar-refractivity contribution is 0.444. The van der Waals surface area contributed by atoms with Gasteiger partial charge in [0.05, 0.1) is 5.52 Å². The van der Waals surface area contributed by atoms with E-state index in [0.717, 1.165) is 18.6 Å². The number of nitrogens with zero attached hydrogens (tertiary/aromatic N) is 2. The molecule has 2 aromatic rings. The van der Waals surface area contributed by atoms with E-state index in [1.807, 2.05) is 12.3 Å². The van der Waals surface area contributed by atoms with E-state index in [9.17, 15) is 0 Å². The molecular formula is C15H20ClN3. The summed E-state index contributed by atoms with van der Waals surface area (Å²) < 4.78 is 0. The molecule has 1 aromatic heterocycles. The van der Waals surface area contributed by atoms with E-state index in [1.54, 1.807) is 0 Å². The summed E-state index contributed by atoms with van der Waals surface area (Å²) in [5.74, 6) is 0. The highest BCUT2D eigenvalue weighted by Gasteiger charge is 2.19. The van der Waals surface area contributed by atoms with E-state index in [-0.39, 0.29) is 12.4 Å². The number of anilines is 1. The summed E-state index contributed by atoms with van der Waals surface area (Å²) in [6.07, 6.45) is 4.34. The summed E-state index contributed by atoms with van der Waals surface area (Å²) in [7, 11) is 2.21. The lowest BCUT2D eigenvalue weighted by Crippen LogP contribution is -2.41. The monoisotopic (exact) mass is 277 g/mol. The molecule has 0 spiro atoms. The van der Waals surface area contributed by atoms with Crippen molar-refractivity contribution in [2.45, 2.75) is 18.9 Å². The van der Waals surface area contributed by atoms with Crippen LogP contribution in [0.4, 0.5) is 5.69 Å². The van der Waals surface area contributed by atoms with Crippen molar-refractivity contribution in [2.24, 2.45) is 0 Å². The molecule has 1 fully saturated rings. The third-order valence-corrected chi connectivity index (χ3v) is 3.86. The van der Waals surface area contributed by atoms with Crippen molar-refractivity contribution in [3.63, 3.8) is 0 Å². The number of rotatable bonds is 2. The van der Waals surface area contributed by atoms with Crippen molar-refractivity contribution in [1.29, 1.82) is 0 Å². The molecule has 1 saturated heterocycles. The van der Waals surface area contributed by atoms with Crippen LogP contribution in [0.1, 0.15) is 12.8 Å². The Bertz CT molecular complexity index is 532. The lowest BCUT2D eigenvalue weighted by Gasteiger charge is -2.33. The molecule has 0 unspecified atom stereocenters. The molecule has 1 aromatic carbocycles. The molecule has 1 N–H and O–H groups in total. The van der Waals surface area contributed by atoms with Gasteiger partial charge in [-0.2, -0.15) is 0 Å². The molecule has 1 aliphatic rings. The van der Waals surface area contributed by atoms with Gasteiger partial charge in [-0.05, 0) is 38.1 Å². The van der Waals surface area contributed by atoms with Crippen molar-refractivity contribution in [2.75, 3.05) is 25.0 Å². The molecule has 2 heterocycles. The number of halogens is 1. The minimum absolute atomic E-state index is 0. The van der Waals surface area contributed by atoms with E-state index in [4.69, 9.17) is 0 Å². The van der Waals surface area contributed by atoms with E-state index >= 15 is 0 Å². The largest absolute Gasteiger partial charge is 0.371 e. The van der Waals surface area contributed by atoms with Gasteiger partial charge in [0.25, 0.3) is 0 Å². The molecule has 4 heteroatoms. The second kappa shape index (κ2) is 6.22. The molecule has 0 saturated carbocycles. The van der Waals surface area contributed by atoms with Gasteiger partial charge in [-0.1, -0.05) is 18.2 Å². The molecule has 102 valence electrons. The first-order valence-corrected chi connectivity index (χ1v) is 6.63. The highest BCUT2D eigenvalue weighted by molar-refractivity contribution is 5.91. The van der Waals surface area contributed by atoms with Gasteiger partial charge in [0.2, 0.25) is 0 Å². The number of piperidine rings is 1. The highest BCUT2D eigenvalue weighted by Crippen LogP contribution is 2.27. The summed E-state index contributed by atoms with van der Waals surface area (Å²) in [5, 5.41) is 4.67. The Morgan fingerprint density at radius 3 is 2.68 bits per heavy atom. The second-order valence-electron chi connectivity index (χ2n) is 4.94. The van der Waals surface area contributed by atoms with Crippen LogP contribution in [0.5, 0.6) is 0 Å². The Balaban J connectivity index is 0.00000133. The van der Waals surface area contributed by atoms with Crippen molar-refractivity contribution in [3.05, 3.63) is 36.5 Å². The minimum Gasteiger partial charge on any atom is -0.371 e. The summed E-state index contributed by atoms with van der Waals surface area (Å²) in [5.41, 5.74) is 2.38. The fourth-order valence-corrected chi connectivity index (χ4v) is 2.78. The third kappa shape index (κ3) is 2.82. The second-order valence-corrected chi connectivity index (χ2v) is 4.94. The average Bonchev–Trinajstić information content (AvgIpc) is 2.47. The summed E-state index contributed by atoms with van der Waals surface area (Å²) >= 11 is 0. The van der Waals surface area contributed by atoms with Gasteiger partial charge < -0.3 is 10.2 Å². The maximum Gasteiger partial charge on any atom is 0.0722 e. The zero-order valence-electron chi connectivity index (χ0n) is 11.2. The molecule has 0 radical (unpaired) electrons. The first kappa shape index (κ1) is 14.1. The van der Waals surface area contributed by atoms with Crippen LogP contribution in [-0.4, -0.2) is 31.2 Å². The first-order chi connectivity index (χ1) is 8.86. The number of hydrogen-bond donors (Lipinski definition) is 1. The van der Waals surface area contributed by atoms with Gasteiger partial charge in [0.15, 0.2) is 0 Å². The molecule has 1 aliphatic heterocycles. The van der Waals surface area contributed by atoms with Crippen LogP contribution in [0.15, 0.2) is 36.5 Å². The molecule has 0 bridgehead atoms. The molecule has 0 aliphatic carbocycles. The molecule has 3 nitrogen and oxygen atoms in total. The zero-order valence-corrected chi connectivity index (χ0v) is 12.0. The average molecular weight is 278 g/mol. The first-order valence-electron chi connectivity index (χ1n) is 6.63. The van der Waals surface area contributed by atoms with Crippen LogP contribution in [0.3, 0.4) is 0 Å². The predicted molar refractivity (Wildman–Crippen MR) is 83.3 cm³/mol. The normalized spacial score (nSPS) is 16.1. The molecule has 19 heavy (non-hydrogen) atoms. The van der Waals surface area contributed by atoms with Crippen LogP contribution in [-0.2, 0) is 0 Å². The Morgan fingerprint density at radius 2 is 1.89 bits per heavy atom. The number of benzene rings is 1. The number of hydrogen-bond acceptors (Lipinski definition) is 3. The standard InChI is InChI=1S/C15H19N3.ClH/c1-18(12-6-9-16-10-7-12)15-8-11-17-14-5-3-2-4-13(14)15;/h2-5,8,11-12,16H,6-7,9-10H2,1H3;1H. The third-order valence-electron chi connectivity index (χ3n) is 3.86. The maximum absolute atomic E-state index is 4.43. The number of nitrogens with one attached hydrogen (secondary N) is 1. The van der Waals surface area contributed by atoms with Crippen molar-refractivity contribution >= 4 is 29.0 Å². The molecule has 3 rings (SSSR count). The Morgan fingerprint density at radius 1 is 1.16 bits per heavy atom. The summed E-state index contributed by atoms with van der Waals surface area (Å²) in [6.45, 7) is 2.25. The lowest BCUT2D eigenvalue weighted by atomic mass is 10.0. The number of pyridine rings is 1. The van der Waals surface area contributed by atoms with Gasteiger partial charge in [0.1, 0.15) is 0 Å². The van der Waals surface area contributed by atoms with Crippen molar-refractivity contribution in [1.82, 2.24) is 10.3 Å². The number of para-hydroxylation sites is 1. The zero-order chi connectivity index (χ0) is 12.4. The fraction of sp³-hybridized carbons (Fsp3) is 0.400. The Kier molecular flexibility index (Phi) is 4.61. The summed E-state index contributed by atoms with van der Waals surface area (Å²) in [6, 6.07) is 11.1. The van der Waals surface area contributed by atoms with Crippen LogP contribution < -0.4 is 10.2 Å². The SMILES string of the molecule is CN(c1ccnc2ccccc12)C1CCNCC1.Cl. The van der Waals surface area contributed by atoms with Gasteiger partial charge >= 0.3 is 0 Å². The molecule has 0 amide bonds. The van der Waals surface area contributed by atoms with Crippen LogP contribution in [0, 0.1) is 0 Å². The number of aromatic nitrogens is 1. The van der Waals surface area contributed by atoms with Crippen molar-refractivity contribution < 1.29 is 0 Å². The van der Waals surface area contributed by atoms with Crippen LogP contribution in [0.25, 0.3) is 10.9 Å². The maximum atomic E-state index is 4.43. The van der Waals surface area contributed by atoms with Crippen LogP contribution >= 0.6 is 12.4 Å². The Labute approximate surface area is 120 Å². The van der Waals surface area contributed by atoms with Gasteiger partial charge in [-0.15, -0.1) is 12.4 Å². The van der Waals surface area contributed by atoms with Crippen LogP contribution in [0.2, 0.25) is 0 Å². The molecule has 0 atom stereocenters. The quantitative estimate of drug-likeness (QED) is 0.915. The predicted octanol–water partition coefficient (Wildman–Crippen LogP) is 2.84. The summed E-state index contributed by atoms with van der Waals surface area (Å²) in [4.78, 5) is 6.85. The van der Waals surface area contributed by atoms with E-state index in [1.165, 1.54) is 23.9 Å².